The summed E-state index contributed by atoms with van der Waals surface area (Å²) in [6.45, 7) is 0. The average Bonchev–Trinajstić information content (AvgIpc) is 3.02. The summed E-state index contributed by atoms with van der Waals surface area (Å²) in [7, 11) is 0. The van der Waals surface area contributed by atoms with Crippen molar-refractivity contribution in [2.75, 3.05) is 0 Å². The van der Waals surface area contributed by atoms with Crippen LogP contribution in [0.2, 0.25) is 5.02 Å². The molecule has 0 aromatic heterocycles. The minimum atomic E-state index is 0.200. The Bertz CT molecular complexity index is 1150. The van der Waals surface area contributed by atoms with E-state index in [1.165, 1.54) is 38.9 Å². The molecule has 1 aliphatic rings. The van der Waals surface area contributed by atoms with Crippen LogP contribution in [0.25, 0.3) is 22.3 Å². The third kappa shape index (κ3) is 2.82. The highest BCUT2D eigenvalue weighted by Crippen LogP contribution is 2.50. The van der Waals surface area contributed by atoms with Crippen LogP contribution in [0.3, 0.4) is 0 Å². The van der Waals surface area contributed by atoms with Crippen LogP contribution in [0.1, 0.15) is 22.6 Å². The molecule has 1 atom stereocenters. The zero-order valence-electron chi connectivity index (χ0n) is 14.5. The van der Waals surface area contributed by atoms with Crippen LogP contribution in [-0.2, 0) is 0 Å². The van der Waals surface area contributed by atoms with Gasteiger partial charge < -0.3 is 0 Å². The topological polar surface area (TPSA) is 0 Å². The van der Waals surface area contributed by atoms with E-state index >= 15 is 0 Å². The Morgan fingerprint density at radius 2 is 1.37 bits per heavy atom. The molecule has 0 bridgehead atoms. The first-order chi connectivity index (χ1) is 13.2. The molecule has 27 heavy (non-hydrogen) atoms. The number of rotatable bonds is 2. The Labute approximate surface area is 172 Å². The molecule has 2 heteroatoms. The van der Waals surface area contributed by atoms with Crippen molar-refractivity contribution in [2.24, 2.45) is 0 Å². The maximum Gasteiger partial charge on any atom is 0.0551 e. The van der Waals surface area contributed by atoms with Gasteiger partial charge in [-0.2, -0.15) is 0 Å². The van der Waals surface area contributed by atoms with Gasteiger partial charge in [0, 0.05) is 10.4 Å². The van der Waals surface area contributed by atoms with E-state index in [4.69, 9.17) is 11.6 Å². The van der Waals surface area contributed by atoms with E-state index < -0.39 is 0 Å². The summed E-state index contributed by atoms with van der Waals surface area (Å²) in [5.74, 6) is 0.200. The normalized spacial score (nSPS) is 14.7. The van der Waals surface area contributed by atoms with Crippen molar-refractivity contribution in [3.8, 4) is 22.3 Å². The van der Waals surface area contributed by atoms with Gasteiger partial charge in [0.15, 0.2) is 0 Å². The van der Waals surface area contributed by atoms with Gasteiger partial charge in [-0.3, -0.25) is 0 Å². The Morgan fingerprint density at radius 3 is 2.22 bits per heavy atom. The second-order valence-corrected chi connectivity index (χ2v) is 8.13. The van der Waals surface area contributed by atoms with Crippen molar-refractivity contribution in [1.82, 2.24) is 0 Å². The fourth-order valence-corrected chi connectivity index (χ4v) is 4.60. The lowest BCUT2D eigenvalue weighted by Gasteiger charge is -2.16. The Hall–Kier alpha value is -2.35. The number of fused-ring (bicyclic) bond motifs is 3. The molecule has 5 rings (SSSR count). The molecule has 130 valence electrons. The number of hydrogen-bond acceptors (Lipinski definition) is 0. The van der Waals surface area contributed by atoms with Crippen LogP contribution >= 0.6 is 27.5 Å². The summed E-state index contributed by atoms with van der Waals surface area (Å²) in [6, 6.07) is 32.3. The standard InChI is InChI=1S/C25H16BrCl/c26-23-14-21-19-11-4-5-12-20(19)25(22(21)15-24(23)27)18-10-6-9-17(13-18)16-7-2-1-3-8-16/h1-15,25H. The molecule has 0 N–H and O–H groups in total. The molecule has 0 aliphatic heterocycles. The zero-order valence-corrected chi connectivity index (χ0v) is 16.8. The maximum atomic E-state index is 6.47. The van der Waals surface area contributed by atoms with E-state index in [1.807, 2.05) is 0 Å². The summed E-state index contributed by atoms with van der Waals surface area (Å²) < 4.78 is 0.941. The Balaban J connectivity index is 1.71. The molecule has 1 aliphatic carbocycles. The van der Waals surface area contributed by atoms with Crippen molar-refractivity contribution in [3.63, 3.8) is 0 Å². The van der Waals surface area contributed by atoms with E-state index in [0.29, 0.717) is 0 Å². The first-order valence-electron chi connectivity index (χ1n) is 8.96. The van der Waals surface area contributed by atoms with Gasteiger partial charge in [-0.25, -0.2) is 0 Å². The predicted molar refractivity (Wildman–Crippen MR) is 117 cm³/mol. The number of halogens is 2. The van der Waals surface area contributed by atoms with Gasteiger partial charge in [-0.05, 0) is 67.0 Å². The lowest BCUT2D eigenvalue weighted by Crippen LogP contribution is -1.99. The fourth-order valence-electron chi connectivity index (χ4n) is 4.08. The fraction of sp³-hybridized carbons (Fsp3) is 0.0400. The minimum absolute atomic E-state index is 0.200. The Morgan fingerprint density at radius 1 is 0.630 bits per heavy atom. The molecule has 0 spiro atoms. The highest BCUT2D eigenvalue weighted by molar-refractivity contribution is 9.10. The summed E-state index contributed by atoms with van der Waals surface area (Å²) in [5.41, 5.74) is 8.93. The predicted octanol–water partition coefficient (Wildman–Crippen LogP) is 7.93. The van der Waals surface area contributed by atoms with E-state index in [-0.39, 0.29) is 5.92 Å². The van der Waals surface area contributed by atoms with Crippen molar-refractivity contribution >= 4 is 27.5 Å². The smallest absolute Gasteiger partial charge is 0.0551 e. The molecule has 4 aromatic rings. The van der Waals surface area contributed by atoms with Crippen molar-refractivity contribution in [3.05, 3.63) is 117 Å². The van der Waals surface area contributed by atoms with Crippen LogP contribution in [0.15, 0.2) is 95.5 Å². The van der Waals surface area contributed by atoms with Crippen LogP contribution in [0.4, 0.5) is 0 Å². The van der Waals surface area contributed by atoms with Crippen LogP contribution in [0, 0.1) is 0 Å². The van der Waals surface area contributed by atoms with E-state index in [0.717, 1.165) is 9.50 Å². The second-order valence-electron chi connectivity index (χ2n) is 6.87. The van der Waals surface area contributed by atoms with Crippen molar-refractivity contribution < 1.29 is 0 Å². The lowest BCUT2D eigenvalue weighted by atomic mass is 9.88. The molecule has 1 unspecified atom stereocenters. The molecule has 4 aromatic carbocycles. The van der Waals surface area contributed by atoms with Crippen LogP contribution in [0.5, 0.6) is 0 Å². The Kier molecular flexibility index (Phi) is 4.15. The highest BCUT2D eigenvalue weighted by Gasteiger charge is 2.30. The molecular weight excluding hydrogens is 416 g/mol. The van der Waals surface area contributed by atoms with E-state index in [9.17, 15) is 0 Å². The summed E-state index contributed by atoms with van der Waals surface area (Å²) >= 11 is 10.1. The summed E-state index contributed by atoms with van der Waals surface area (Å²) in [6.07, 6.45) is 0. The second kappa shape index (κ2) is 6.67. The first-order valence-corrected chi connectivity index (χ1v) is 10.1. The molecule has 0 saturated heterocycles. The van der Waals surface area contributed by atoms with Gasteiger partial charge >= 0.3 is 0 Å². The number of hydrogen-bond donors (Lipinski definition) is 0. The molecule has 0 fully saturated rings. The van der Waals surface area contributed by atoms with Gasteiger partial charge in [0.2, 0.25) is 0 Å². The summed E-state index contributed by atoms with van der Waals surface area (Å²) in [5, 5.41) is 0.755. The summed E-state index contributed by atoms with van der Waals surface area (Å²) in [4.78, 5) is 0. The van der Waals surface area contributed by atoms with Gasteiger partial charge in [0.25, 0.3) is 0 Å². The molecule has 0 radical (unpaired) electrons. The molecule has 0 saturated carbocycles. The third-order valence-corrected chi connectivity index (χ3v) is 6.49. The van der Waals surface area contributed by atoms with Gasteiger partial charge in [0.05, 0.1) is 5.02 Å². The molecular formula is C25H16BrCl. The van der Waals surface area contributed by atoms with Crippen LogP contribution in [-0.4, -0.2) is 0 Å². The van der Waals surface area contributed by atoms with E-state index in [2.05, 4.69) is 107 Å². The largest absolute Gasteiger partial charge is 0.0831 e. The number of benzene rings is 4. The van der Waals surface area contributed by atoms with Gasteiger partial charge in [-0.1, -0.05) is 90.5 Å². The van der Waals surface area contributed by atoms with Crippen molar-refractivity contribution in [2.45, 2.75) is 5.92 Å². The third-order valence-electron chi connectivity index (χ3n) is 5.29. The van der Waals surface area contributed by atoms with Crippen LogP contribution < -0.4 is 0 Å². The van der Waals surface area contributed by atoms with Crippen molar-refractivity contribution in [1.29, 1.82) is 0 Å². The molecule has 0 nitrogen and oxygen atoms in total. The maximum absolute atomic E-state index is 6.47. The lowest BCUT2D eigenvalue weighted by molar-refractivity contribution is 1.02. The quantitative estimate of drug-likeness (QED) is 0.266. The monoisotopic (exact) mass is 430 g/mol. The molecule has 0 heterocycles. The van der Waals surface area contributed by atoms with E-state index in [1.54, 1.807) is 0 Å². The molecule has 0 amide bonds. The van der Waals surface area contributed by atoms with Gasteiger partial charge in [0.1, 0.15) is 0 Å². The average molecular weight is 432 g/mol. The SMILES string of the molecule is Clc1cc2c(cc1Br)-c1ccccc1C2c1cccc(-c2ccccc2)c1. The first kappa shape index (κ1) is 16.8. The zero-order chi connectivity index (χ0) is 18.4. The minimum Gasteiger partial charge on any atom is -0.0831 e. The van der Waals surface area contributed by atoms with Gasteiger partial charge in [-0.15, -0.1) is 0 Å². The highest BCUT2D eigenvalue weighted by atomic mass is 79.9.